The van der Waals surface area contributed by atoms with Gasteiger partial charge in [-0.05, 0) is 49.1 Å². The number of rotatable bonds is 4. The number of carbonyl (C=O) groups excluding carboxylic acids is 1. The third-order valence-electron chi connectivity index (χ3n) is 6.15. The standard InChI is InChI=1S/C24H25N3O4/c1-16-4-2-5-18-23(16)25-15-26(24(18)29)11-9-22(28)27-10-3-6-19(27)17-7-8-20-21(14-17)31-13-12-30-20/h2,4-5,7-8,14-15,19H,3,6,9-13H2,1H3/t19-/m1/s1. The highest BCUT2D eigenvalue weighted by atomic mass is 16.6. The number of carbonyl (C=O) groups is 1. The lowest BCUT2D eigenvalue weighted by Crippen LogP contribution is -2.32. The molecule has 2 aromatic carbocycles. The maximum atomic E-state index is 13.1. The van der Waals surface area contributed by atoms with Crippen molar-refractivity contribution in [3.8, 4) is 11.5 Å². The molecule has 0 radical (unpaired) electrons. The largest absolute Gasteiger partial charge is 0.486 e. The minimum atomic E-state index is -0.105. The van der Waals surface area contributed by atoms with Gasteiger partial charge in [-0.3, -0.25) is 14.2 Å². The van der Waals surface area contributed by atoms with E-state index in [-0.39, 0.29) is 23.9 Å². The van der Waals surface area contributed by atoms with Gasteiger partial charge in [0.1, 0.15) is 13.2 Å². The molecule has 1 fully saturated rings. The summed E-state index contributed by atoms with van der Waals surface area (Å²) in [6.45, 7) is 4.08. The van der Waals surface area contributed by atoms with Crippen molar-refractivity contribution in [3.05, 3.63) is 64.2 Å². The second kappa shape index (κ2) is 8.06. The average Bonchev–Trinajstić information content (AvgIpc) is 3.29. The summed E-state index contributed by atoms with van der Waals surface area (Å²) >= 11 is 0. The van der Waals surface area contributed by atoms with Crippen LogP contribution in [-0.2, 0) is 11.3 Å². The first-order chi connectivity index (χ1) is 15.1. The van der Waals surface area contributed by atoms with E-state index < -0.39 is 0 Å². The van der Waals surface area contributed by atoms with E-state index >= 15 is 0 Å². The number of ether oxygens (including phenoxy) is 2. The van der Waals surface area contributed by atoms with Crippen LogP contribution in [0.5, 0.6) is 11.5 Å². The summed E-state index contributed by atoms with van der Waals surface area (Å²) in [5.74, 6) is 1.55. The summed E-state index contributed by atoms with van der Waals surface area (Å²) < 4.78 is 12.9. The number of nitrogens with zero attached hydrogens (tertiary/aromatic N) is 3. The number of hydrogen-bond donors (Lipinski definition) is 0. The summed E-state index contributed by atoms with van der Waals surface area (Å²) in [4.78, 5) is 32.2. The fourth-order valence-corrected chi connectivity index (χ4v) is 4.54. The van der Waals surface area contributed by atoms with E-state index in [1.807, 2.05) is 42.2 Å². The zero-order chi connectivity index (χ0) is 21.4. The van der Waals surface area contributed by atoms with Gasteiger partial charge in [0.25, 0.3) is 5.56 Å². The minimum Gasteiger partial charge on any atom is -0.486 e. The highest BCUT2D eigenvalue weighted by Gasteiger charge is 2.30. The summed E-state index contributed by atoms with van der Waals surface area (Å²) in [7, 11) is 0. The van der Waals surface area contributed by atoms with Crippen LogP contribution in [0.1, 0.15) is 36.4 Å². The maximum Gasteiger partial charge on any atom is 0.261 e. The second-order valence-corrected chi connectivity index (χ2v) is 8.11. The van der Waals surface area contributed by atoms with Crippen LogP contribution in [0, 0.1) is 6.92 Å². The number of likely N-dealkylation sites (tertiary alicyclic amines) is 1. The zero-order valence-electron chi connectivity index (χ0n) is 17.5. The van der Waals surface area contributed by atoms with Crippen molar-refractivity contribution >= 4 is 16.8 Å². The maximum absolute atomic E-state index is 13.1. The quantitative estimate of drug-likeness (QED) is 0.649. The molecule has 7 heteroatoms. The monoisotopic (exact) mass is 419 g/mol. The number of aryl methyl sites for hydroxylation is 2. The Hall–Kier alpha value is -3.35. The Kier molecular flexibility index (Phi) is 5.10. The molecular formula is C24H25N3O4. The molecule has 1 amide bonds. The number of amides is 1. The predicted octanol–water partition coefficient (Wildman–Crippen LogP) is 3.23. The fraction of sp³-hybridized carbons (Fsp3) is 0.375. The zero-order valence-corrected chi connectivity index (χ0v) is 17.5. The van der Waals surface area contributed by atoms with Gasteiger partial charge in [-0.25, -0.2) is 4.98 Å². The predicted molar refractivity (Wildman–Crippen MR) is 116 cm³/mol. The van der Waals surface area contributed by atoms with E-state index in [9.17, 15) is 9.59 Å². The van der Waals surface area contributed by atoms with Gasteiger partial charge >= 0.3 is 0 Å². The summed E-state index contributed by atoms with van der Waals surface area (Å²) in [6.07, 6.45) is 3.69. The van der Waals surface area contributed by atoms with Crippen molar-refractivity contribution in [1.29, 1.82) is 0 Å². The molecule has 1 atom stereocenters. The average molecular weight is 419 g/mol. The van der Waals surface area contributed by atoms with Crippen molar-refractivity contribution in [2.75, 3.05) is 19.8 Å². The highest BCUT2D eigenvalue weighted by Crippen LogP contribution is 2.38. The molecule has 3 heterocycles. The lowest BCUT2D eigenvalue weighted by atomic mass is 10.0. The molecule has 1 saturated heterocycles. The number of aromatic nitrogens is 2. The van der Waals surface area contributed by atoms with Crippen LogP contribution >= 0.6 is 0 Å². The van der Waals surface area contributed by atoms with Crippen LogP contribution in [0.4, 0.5) is 0 Å². The lowest BCUT2D eigenvalue weighted by Gasteiger charge is -2.27. The normalized spacial score (nSPS) is 17.8. The Bertz CT molecular complexity index is 1200. The third-order valence-corrected chi connectivity index (χ3v) is 6.15. The van der Waals surface area contributed by atoms with Crippen molar-refractivity contribution in [2.24, 2.45) is 0 Å². The Morgan fingerprint density at radius 2 is 2.00 bits per heavy atom. The second-order valence-electron chi connectivity index (χ2n) is 8.11. The molecule has 2 aliphatic heterocycles. The number of para-hydroxylation sites is 1. The minimum absolute atomic E-state index is 0.0254. The van der Waals surface area contributed by atoms with Gasteiger partial charge in [0.2, 0.25) is 5.91 Å². The molecule has 0 aliphatic carbocycles. The van der Waals surface area contributed by atoms with Crippen LogP contribution < -0.4 is 15.0 Å². The van der Waals surface area contributed by atoms with Crippen LogP contribution in [0.3, 0.4) is 0 Å². The van der Waals surface area contributed by atoms with Gasteiger partial charge in [0, 0.05) is 19.5 Å². The molecule has 3 aromatic rings. The van der Waals surface area contributed by atoms with Gasteiger partial charge in [0.05, 0.1) is 23.3 Å². The molecule has 7 nitrogen and oxygen atoms in total. The number of hydrogen-bond acceptors (Lipinski definition) is 5. The molecule has 31 heavy (non-hydrogen) atoms. The van der Waals surface area contributed by atoms with Crippen LogP contribution in [-0.4, -0.2) is 40.1 Å². The van der Waals surface area contributed by atoms with Gasteiger partial charge < -0.3 is 14.4 Å². The van der Waals surface area contributed by atoms with E-state index in [2.05, 4.69) is 4.98 Å². The van der Waals surface area contributed by atoms with Gasteiger partial charge in [-0.2, -0.15) is 0 Å². The van der Waals surface area contributed by atoms with Crippen molar-refractivity contribution in [2.45, 2.75) is 38.8 Å². The Morgan fingerprint density at radius 1 is 1.16 bits per heavy atom. The molecule has 160 valence electrons. The molecule has 1 aromatic heterocycles. The van der Waals surface area contributed by atoms with E-state index in [4.69, 9.17) is 9.47 Å². The van der Waals surface area contributed by atoms with Crippen LogP contribution in [0.25, 0.3) is 10.9 Å². The fourth-order valence-electron chi connectivity index (χ4n) is 4.54. The molecule has 5 rings (SSSR count). The van der Waals surface area contributed by atoms with Gasteiger partial charge in [-0.1, -0.05) is 18.2 Å². The van der Waals surface area contributed by atoms with Crippen LogP contribution in [0.2, 0.25) is 0 Å². The summed E-state index contributed by atoms with van der Waals surface area (Å²) in [5.41, 5.74) is 2.65. The summed E-state index contributed by atoms with van der Waals surface area (Å²) in [5, 5.41) is 0.588. The SMILES string of the molecule is Cc1cccc2c(=O)n(CCC(=O)N3CCC[C@@H]3c3ccc4c(c3)OCCO4)cnc12. The van der Waals surface area contributed by atoms with E-state index in [1.54, 1.807) is 12.4 Å². The third kappa shape index (κ3) is 3.65. The smallest absolute Gasteiger partial charge is 0.261 e. The lowest BCUT2D eigenvalue weighted by molar-refractivity contribution is -0.132. The molecule has 0 unspecified atom stereocenters. The van der Waals surface area contributed by atoms with Gasteiger partial charge in [-0.15, -0.1) is 0 Å². The molecule has 0 saturated carbocycles. The topological polar surface area (TPSA) is 73.7 Å². The van der Waals surface area contributed by atoms with Crippen molar-refractivity contribution < 1.29 is 14.3 Å². The highest BCUT2D eigenvalue weighted by molar-refractivity contribution is 5.80. The Morgan fingerprint density at radius 3 is 2.87 bits per heavy atom. The molecule has 0 bridgehead atoms. The first kappa shape index (κ1) is 19.6. The van der Waals surface area contributed by atoms with E-state index in [0.29, 0.717) is 30.7 Å². The van der Waals surface area contributed by atoms with E-state index in [1.165, 1.54) is 4.57 Å². The molecule has 0 N–H and O–H groups in total. The molecule has 2 aliphatic rings. The van der Waals surface area contributed by atoms with Crippen molar-refractivity contribution in [1.82, 2.24) is 14.5 Å². The first-order valence-electron chi connectivity index (χ1n) is 10.8. The van der Waals surface area contributed by atoms with Crippen molar-refractivity contribution in [3.63, 3.8) is 0 Å². The van der Waals surface area contributed by atoms with Crippen LogP contribution in [0.15, 0.2) is 47.5 Å². The molecular weight excluding hydrogens is 394 g/mol. The first-order valence-corrected chi connectivity index (χ1v) is 10.8. The summed E-state index contributed by atoms with van der Waals surface area (Å²) in [6, 6.07) is 11.5. The molecule has 0 spiro atoms. The van der Waals surface area contributed by atoms with Gasteiger partial charge in [0.15, 0.2) is 11.5 Å². The number of fused-ring (bicyclic) bond motifs is 2. The van der Waals surface area contributed by atoms with E-state index in [0.717, 1.165) is 42.0 Å². The number of benzene rings is 2. The Labute approximate surface area is 180 Å². The Balaban J connectivity index is 1.32.